The highest BCUT2D eigenvalue weighted by Crippen LogP contribution is 2.38. The van der Waals surface area contributed by atoms with Crippen molar-refractivity contribution in [2.45, 2.75) is 37.5 Å². The van der Waals surface area contributed by atoms with Gasteiger partial charge in [-0.2, -0.15) is 18.4 Å². The van der Waals surface area contributed by atoms with E-state index in [9.17, 15) is 22.8 Å². The van der Waals surface area contributed by atoms with Crippen LogP contribution in [0.3, 0.4) is 0 Å². The number of hydrogen-bond donors (Lipinski definition) is 3. The van der Waals surface area contributed by atoms with Crippen LogP contribution in [0.4, 0.5) is 24.5 Å². The van der Waals surface area contributed by atoms with E-state index in [1.807, 2.05) is 0 Å². The molecule has 2 amide bonds. The SMILES string of the molecule is N#CCC(=O)NC1(C(=O)NCc2ccc(Nc3ccc(Cl)cc3C(F)(F)F)cn2)CC1. The van der Waals surface area contributed by atoms with Crippen molar-refractivity contribution >= 4 is 34.8 Å². The molecule has 3 N–H and O–H groups in total. The number of pyridine rings is 1. The van der Waals surface area contributed by atoms with Crippen molar-refractivity contribution in [3.05, 3.63) is 52.8 Å². The number of amides is 2. The number of halogens is 4. The molecule has 162 valence electrons. The van der Waals surface area contributed by atoms with Crippen LogP contribution in [0.5, 0.6) is 0 Å². The Balaban J connectivity index is 1.60. The zero-order valence-electron chi connectivity index (χ0n) is 16.0. The molecule has 0 aliphatic heterocycles. The van der Waals surface area contributed by atoms with E-state index in [0.717, 1.165) is 6.07 Å². The first-order valence-electron chi connectivity index (χ1n) is 9.18. The van der Waals surface area contributed by atoms with E-state index in [1.165, 1.54) is 24.4 Å². The zero-order valence-corrected chi connectivity index (χ0v) is 16.8. The third-order valence-corrected chi connectivity index (χ3v) is 4.86. The van der Waals surface area contributed by atoms with Crippen LogP contribution in [-0.2, 0) is 22.3 Å². The number of carbonyl (C=O) groups excluding carboxylic acids is 2. The second kappa shape index (κ2) is 8.81. The predicted octanol–water partition coefficient (Wildman–Crippen LogP) is 3.68. The summed E-state index contributed by atoms with van der Waals surface area (Å²) in [6.07, 6.45) is -2.59. The van der Waals surface area contributed by atoms with Crippen LogP contribution in [-0.4, -0.2) is 22.3 Å². The molecule has 0 saturated heterocycles. The Morgan fingerprint density at radius 2 is 1.97 bits per heavy atom. The highest BCUT2D eigenvalue weighted by molar-refractivity contribution is 6.30. The zero-order chi connectivity index (χ0) is 22.6. The second-order valence-corrected chi connectivity index (χ2v) is 7.44. The van der Waals surface area contributed by atoms with Gasteiger partial charge in [0.05, 0.1) is 41.4 Å². The summed E-state index contributed by atoms with van der Waals surface area (Å²) in [5, 5.41) is 16.4. The van der Waals surface area contributed by atoms with E-state index in [1.54, 1.807) is 12.1 Å². The van der Waals surface area contributed by atoms with Gasteiger partial charge in [-0.1, -0.05) is 11.6 Å². The van der Waals surface area contributed by atoms with Gasteiger partial charge in [0.1, 0.15) is 12.0 Å². The number of benzene rings is 1. The van der Waals surface area contributed by atoms with Gasteiger partial charge in [0, 0.05) is 5.02 Å². The van der Waals surface area contributed by atoms with E-state index in [2.05, 4.69) is 20.9 Å². The average Bonchev–Trinajstić information content (AvgIpc) is 3.48. The molecule has 0 bridgehead atoms. The largest absolute Gasteiger partial charge is 0.418 e. The van der Waals surface area contributed by atoms with E-state index in [-0.39, 0.29) is 29.6 Å². The predicted molar refractivity (Wildman–Crippen MR) is 106 cm³/mol. The Labute approximate surface area is 180 Å². The lowest BCUT2D eigenvalue weighted by molar-refractivity contribution is -0.137. The normalized spacial score (nSPS) is 14.3. The third-order valence-electron chi connectivity index (χ3n) is 4.62. The van der Waals surface area contributed by atoms with Gasteiger partial charge in [-0.25, -0.2) is 0 Å². The van der Waals surface area contributed by atoms with Crippen molar-refractivity contribution in [2.24, 2.45) is 0 Å². The van der Waals surface area contributed by atoms with Crippen molar-refractivity contribution in [1.29, 1.82) is 5.26 Å². The number of alkyl halides is 3. The van der Waals surface area contributed by atoms with Gasteiger partial charge in [-0.05, 0) is 43.2 Å². The monoisotopic (exact) mass is 451 g/mol. The highest BCUT2D eigenvalue weighted by atomic mass is 35.5. The quantitative estimate of drug-likeness (QED) is 0.595. The molecule has 1 saturated carbocycles. The van der Waals surface area contributed by atoms with Gasteiger partial charge < -0.3 is 16.0 Å². The number of nitriles is 1. The van der Waals surface area contributed by atoms with E-state index < -0.39 is 23.2 Å². The summed E-state index contributed by atoms with van der Waals surface area (Å²) in [5.41, 5.74) is -1.25. The summed E-state index contributed by atoms with van der Waals surface area (Å²) < 4.78 is 39.6. The van der Waals surface area contributed by atoms with Crippen LogP contribution < -0.4 is 16.0 Å². The van der Waals surface area contributed by atoms with Crippen molar-refractivity contribution in [1.82, 2.24) is 15.6 Å². The lowest BCUT2D eigenvalue weighted by atomic mass is 10.1. The number of carbonyl (C=O) groups is 2. The van der Waals surface area contributed by atoms with Crippen LogP contribution in [0.15, 0.2) is 36.5 Å². The Morgan fingerprint density at radius 1 is 1.23 bits per heavy atom. The summed E-state index contributed by atoms with van der Waals surface area (Å²) in [7, 11) is 0. The summed E-state index contributed by atoms with van der Waals surface area (Å²) in [6, 6.07) is 8.23. The molecule has 0 radical (unpaired) electrons. The smallest absolute Gasteiger partial charge is 0.354 e. The minimum absolute atomic E-state index is 0.0284. The fraction of sp³-hybridized carbons (Fsp3) is 0.300. The molecule has 3 rings (SSSR count). The van der Waals surface area contributed by atoms with Gasteiger partial charge in [-0.3, -0.25) is 14.6 Å². The Bertz CT molecular complexity index is 1030. The van der Waals surface area contributed by atoms with Crippen molar-refractivity contribution in [2.75, 3.05) is 5.32 Å². The maximum atomic E-state index is 13.2. The molecule has 11 heteroatoms. The first kappa shape index (κ1) is 22.4. The summed E-state index contributed by atoms with van der Waals surface area (Å²) >= 11 is 5.67. The molecule has 1 aromatic carbocycles. The number of anilines is 2. The molecular formula is C20H17ClF3N5O2. The third kappa shape index (κ3) is 5.64. The molecule has 0 unspecified atom stereocenters. The number of nitrogens with zero attached hydrogens (tertiary/aromatic N) is 2. The molecule has 1 fully saturated rings. The van der Waals surface area contributed by atoms with Gasteiger partial charge >= 0.3 is 6.18 Å². The molecule has 1 aromatic heterocycles. The molecular weight excluding hydrogens is 435 g/mol. The molecule has 0 spiro atoms. The van der Waals surface area contributed by atoms with Crippen molar-refractivity contribution in [3.8, 4) is 6.07 Å². The Morgan fingerprint density at radius 3 is 2.55 bits per heavy atom. The van der Waals surface area contributed by atoms with E-state index in [4.69, 9.17) is 16.9 Å². The fourth-order valence-corrected chi connectivity index (χ4v) is 3.05. The maximum absolute atomic E-state index is 13.2. The van der Waals surface area contributed by atoms with Crippen LogP contribution in [0, 0.1) is 11.3 Å². The number of hydrogen-bond acceptors (Lipinski definition) is 5. The second-order valence-electron chi connectivity index (χ2n) is 7.00. The maximum Gasteiger partial charge on any atom is 0.418 e. The number of aromatic nitrogens is 1. The Hall–Kier alpha value is -3.32. The van der Waals surface area contributed by atoms with Crippen molar-refractivity contribution in [3.63, 3.8) is 0 Å². The summed E-state index contributed by atoms with van der Waals surface area (Å²) in [4.78, 5) is 28.0. The summed E-state index contributed by atoms with van der Waals surface area (Å²) in [6.45, 7) is 0.0731. The molecule has 0 atom stereocenters. The molecule has 1 aliphatic carbocycles. The number of rotatable bonds is 7. The van der Waals surface area contributed by atoms with Gasteiger partial charge in [-0.15, -0.1) is 0 Å². The van der Waals surface area contributed by atoms with Crippen LogP contribution in [0.1, 0.15) is 30.5 Å². The molecule has 2 aromatic rings. The Kier molecular flexibility index (Phi) is 6.36. The minimum Gasteiger partial charge on any atom is -0.354 e. The topological polar surface area (TPSA) is 107 Å². The van der Waals surface area contributed by atoms with Crippen LogP contribution in [0.25, 0.3) is 0 Å². The first-order chi connectivity index (χ1) is 14.6. The lowest BCUT2D eigenvalue weighted by Gasteiger charge is -2.17. The van der Waals surface area contributed by atoms with Crippen LogP contribution >= 0.6 is 11.6 Å². The van der Waals surface area contributed by atoms with Gasteiger partial charge in [0.15, 0.2) is 0 Å². The molecule has 7 nitrogen and oxygen atoms in total. The average molecular weight is 452 g/mol. The lowest BCUT2D eigenvalue weighted by Crippen LogP contribution is -2.48. The van der Waals surface area contributed by atoms with Crippen LogP contribution in [0.2, 0.25) is 5.02 Å². The minimum atomic E-state index is -4.58. The molecule has 1 aliphatic rings. The first-order valence-corrected chi connectivity index (χ1v) is 9.56. The van der Waals surface area contributed by atoms with Crippen molar-refractivity contribution < 1.29 is 22.8 Å². The van der Waals surface area contributed by atoms with E-state index in [0.29, 0.717) is 24.2 Å². The van der Waals surface area contributed by atoms with E-state index >= 15 is 0 Å². The highest BCUT2D eigenvalue weighted by Gasteiger charge is 2.50. The standard InChI is InChI=1S/C20H17ClF3N5O2/c21-12-1-4-16(15(9-12)20(22,23)24)28-14-3-2-13(26-11-14)10-27-18(31)19(6-7-19)29-17(30)5-8-25/h1-4,9,11,28H,5-7,10H2,(H,27,31)(H,29,30). The van der Waals surface area contributed by atoms with Gasteiger partial charge in [0.25, 0.3) is 0 Å². The molecule has 31 heavy (non-hydrogen) atoms. The number of nitrogens with one attached hydrogen (secondary N) is 3. The fourth-order valence-electron chi connectivity index (χ4n) is 2.88. The summed E-state index contributed by atoms with van der Waals surface area (Å²) in [5.74, 6) is -0.886. The van der Waals surface area contributed by atoms with Gasteiger partial charge in [0.2, 0.25) is 11.8 Å². The molecule has 1 heterocycles.